The third-order valence-corrected chi connectivity index (χ3v) is 4.10. The van der Waals surface area contributed by atoms with Crippen molar-refractivity contribution in [3.05, 3.63) is 71.4 Å². The number of alkyl halides is 1. The number of halogens is 1. The summed E-state index contributed by atoms with van der Waals surface area (Å²) in [5.74, 6) is 0.0976. The van der Waals surface area contributed by atoms with Gasteiger partial charge in [0.1, 0.15) is 0 Å². The third kappa shape index (κ3) is 4.54. The molecule has 0 unspecified atom stereocenters. The van der Waals surface area contributed by atoms with Crippen molar-refractivity contribution in [1.82, 2.24) is 5.16 Å². The number of hydrogen-bond donors (Lipinski definition) is 1. The molecule has 3 aromatic rings. The zero-order valence-corrected chi connectivity index (χ0v) is 15.3. The van der Waals surface area contributed by atoms with Gasteiger partial charge in [0.2, 0.25) is 0 Å². The number of carbonyl (C=O) groups is 2. The molecular formula is C20H17ClN2O4. The van der Waals surface area contributed by atoms with Crippen molar-refractivity contribution in [2.45, 2.75) is 12.8 Å². The van der Waals surface area contributed by atoms with E-state index in [9.17, 15) is 9.59 Å². The molecule has 2 aromatic carbocycles. The SMILES string of the molecule is CCOC(=O)c1cc(-c2ccc(NC(=O)c3ccc(CCl)cc3)cc2)on1. The molecule has 0 saturated carbocycles. The number of nitrogens with zero attached hydrogens (tertiary/aromatic N) is 1. The number of carbonyl (C=O) groups excluding carboxylic acids is 2. The molecule has 0 saturated heterocycles. The van der Waals surface area contributed by atoms with Crippen LogP contribution in [0.25, 0.3) is 11.3 Å². The molecule has 0 spiro atoms. The van der Waals surface area contributed by atoms with Gasteiger partial charge in [-0.05, 0) is 48.9 Å². The lowest BCUT2D eigenvalue weighted by atomic mass is 10.1. The maximum absolute atomic E-state index is 12.3. The average molecular weight is 385 g/mol. The van der Waals surface area contributed by atoms with E-state index in [-0.39, 0.29) is 18.2 Å². The molecule has 1 N–H and O–H groups in total. The number of esters is 1. The van der Waals surface area contributed by atoms with Gasteiger partial charge in [0.25, 0.3) is 5.91 Å². The number of amides is 1. The largest absolute Gasteiger partial charge is 0.461 e. The molecule has 1 heterocycles. The van der Waals surface area contributed by atoms with Crippen LogP contribution >= 0.6 is 11.6 Å². The summed E-state index contributed by atoms with van der Waals surface area (Å²) in [4.78, 5) is 23.9. The molecular weight excluding hydrogens is 368 g/mol. The van der Waals surface area contributed by atoms with Crippen LogP contribution in [0.3, 0.4) is 0 Å². The lowest BCUT2D eigenvalue weighted by Gasteiger charge is -2.06. The highest BCUT2D eigenvalue weighted by Crippen LogP contribution is 2.23. The Bertz CT molecular complexity index is 933. The Labute approximate surface area is 161 Å². The van der Waals surface area contributed by atoms with Crippen LogP contribution in [-0.4, -0.2) is 23.6 Å². The highest BCUT2D eigenvalue weighted by molar-refractivity contribution is 6.17. The molecule has 7 heteroatoms. The Balaban J connectivity index is 1.68. The van der Waals surface area contributed by atoms with E-state index in [0.29, 0.717) is 22.9 Å². The second kappa shape index (κ2) is 8.51. The molecule has 0 aliphatic rings. The minimum atomic E-state index is -0.531. The summed E-state index contributed by atoms with van der Waals surface area (Å²) in [6.07, 6.45) is 0. The first kappa shape index (κ1) is 18.7. The maximum atomic E-state index is 12.3. The molecule has 1 aromatic heterocycles. The molecule has 138 valence electrons. The van der Waals surface area contributed by atoms with Crippen LogP contribution in [0.15, 0.2) is 59.1 Å². The lowest BCUT2D eigenvalue weighted by Crippen LogP contribution is -2.11. The van der Waals surface area contributed by atoms with Crippen LogP contribution in [0.2, 0.25) is 0 Å². The van der Waals surface area contributed by atoms with Crippen molar-refractivity contribution in [2.75, 3.05) is 11.9 Å². The van der Waals surface area contributed by atoms with Crippen molar-refractivity contribution in [3.63, 3.8) is 0 Å². The normalized spacial score (nSPS) is 10.4. The van der Waals surface area contributed by atoms with E-state index in [1.165, 1.54) is 6.07 Å². The Morgan fingerprint density at radius 2 is 1.81 bits per heavy atom. The van der Waals surface area contributed by atoms with E-state index in [4.69, 9.17) is 20.9 Å². The Hall–Kier alpha value is -3.12. The maximum Gasteiger partial charge on any atom is 0.360 e. The first-order valence-electron chi connectivity index (χ1n) is 8.31. The predicted octanol–water partition coefficient (Wildman–Crippen LogP) is 4.51. The quantitative estimate of drug-likeness (QED) is 0.499. The van der Waals surface area contributed by atoms with Crippen molar-refractivity contribution < 1.29 is 18.8 Å². The topological polar surface area (TPSA) is 81.4 Å². The van der Waals surface area contributed by atoms with E-state index >= 15 is 0 Å². The van der Waals surface area contributed by atoms with Crippen molar-refractivity contribution in [2.24, 2.45) is 0 Å². The summed E-state index contributed by atoms with van der Waals surface area (Å²) in [6, 6.07) is 15.6. The van der Waals surface area contributed by atoms with Crippen LogP contribution in [-0.2, 0) is 10.6 Å². The molecule has 0 atom stereocenters. The monoisotopic (exact) mass is 384 g/mol. The van der Waals surface area contributed by atoms with Gasteiger partial charge in [-0.25, -0.2) is 4.79 Å². The second-order valence-electron chi connectivity index (χ2n) is 5.66. The zero-order valence-electron chi connectivity index (χ0n) is 14.6. The van der Waals surface area contributed by atoms with Crippen molar-refractivity contribution >= 4 is 29.2 Å². The number of anilines is 1. The Morgan fingerprint density at radius 1 is 1.11 bits per heavy atom. The number of aromatic nitrogens is 1. The van der Waals surface area contributed by atoms with Gasteiger partial charge in [0, 0.05) is 28.8 Å². The summed E-state index contributed by atoms with van der Waals surface area (Å²) in [5, 5.41) is 6.53. The van der Waals surface area contributed by atoms with Crippen molar-refractivity contribution in [1.29, 1.82) is 0 Å². The fourth-order valence-corrected chi connectivity index (χ4v) is 2.56. The highest BCUT2D eigenvalue weighted by Gasteiger charge is 2.14. The molecule has 0 fully saturated rings. The fraction of sp³-hybridized carbons (Fsp3) is 0.150. The molecule has 0 aliphatic heterocycles. The van der Waals surface area contributed by atoms with Gasteiger partial charge in [-0.15, -0.1) is 11.6 Å². The molecule has 6 nitrogen and oxygen atoms in total. The second-order valence-corrected chi connectivity index (χ2v) is 5.93. The van der Waals surface area contributed by atoms with Crippen LogP contribution in [0, 0.1) is 0 Å². The minimum Gasteiger partial charge on any atom is -0.461 e. The molecule has 0 radical (unpaired) electrons. The summed E-state index contributed by atoms with van der Waals surface area (Å²) in [7, 11) is 0. The predicted molar refractivity (Wildman–Crippen MR) is 102 cm³/mol. The van der Waals surface area contributed by atoms with Gasteiger partial charge in [0.05, 0.1) is 6.61 Å². The van der Waals surface area contributed by atoms with Gasteiger partial charge in [-0.2, -0.15) is 0 Å². The average Bonchev–Trinajstić information content (AvgIpc) is 3.19. The van der Waals surface area contributed by atoms with Crippen molar-refractivity contribution in [3.8, 4) is 11.3 Å². The number of benzene rings is 2. The summed E-state index contributed by atoms with van der Waals surface area (Å²) in [6.45, 7) is 1.99. The molecule has 0 bridgehead atoms. The van der Waals surface area contributed by atoms with E-state index in [1.54, 1.807) is 43.3 Å². The standard InChI is InChI=1S/C20H17ClN2O4/c1-2-26-20(25)17-11-18(27-23-17)14-7-9-16(10-8-14)22-19(24)15-5-3-13(12-21)4-6-15/h3-11H,2,12H2,1H3,(H,22,24). The Kier molecular flexibility index (Phi) is 5.88. The van der Waals surface area contributed by atoms with E-state index in [0.717, 1.165) is 11.1 Å². The Morgan fingerprint density at radius 3 is 2.44 bits per heavy atom. The number of nitrogens with one attached hydrogen (secondary N) is 1. The fourth-order valence-electron chi connectivity index (χ4n) is 2.38. The molecule has 3 rings (SSSR count). The van der Waals surface area contributed by atoms with E-state index < -0.39 is 5.97 Å². The minimum absolute atomic E-state index is 0.115. The van der Waals surface area contributed by atoms with Gasteiger partial charge in [-0.1, -0.05) is 17.3 Å². The number of ether oxygens (including phenoxy) is 1. The van der Waals surface area contributed by atoms with Crippen LogP contribution in [0.4, 0.5) is 5.69 Å². The third-order valence-electron chi connectivity index (χ3n) is 3.79. The summed E-state index contributed by atoms with van der Waals surface area (Å²) >= 11 is 5.75. The zero-order chi connectivity index (χ0) is 19.2. The summed E-state index contributed by atoms with van der Waals surface area (Å²) in [5.41, 5.74) is 2.97. The van der Waals surface area contributed by atoms with Crippen LogP contribution in [0.5, 0.6) is 0 Å². The van der Waals surface area contributed by atoms with Crippen LogP contribution in [0.1, 0.15) is 33.3 Å². The smallest absolute Gasteiger partial charge is 0.360 e. The number of rotatable bonds is 6. The number of hydrogen-bond acceptors (Lipinski definition) is 5. The summed E-state index contributed by atoms with van der Waals surface area (Å²) < 4.78 is 10.1. The highest BCUT2D eigenvalue weighted by atomic mass is 35.5. The first-order valence-corrected chi connectivity index (χ1v) is 8.84. The molecule has 27 heavy (non-hydrogen) atoms. The van der Waals surface area contributed by atoms with E-state index in [1.807, 2.05) is 12.1 Å². The van der Waals surface area contributed by atoms with Crippen LogP contribution < -0.4 is 5.32 Å². The van der Waals surface area contributed by atoms with E-state index in [2.05, 4.69) is 10.5 Å². The first-order chi connectivity index (χ1) is 13.1. The lowest BCUT2D eigenvalue weighted by molar-refractivity contribution is 0.0514. The van der Waals surface area contributed by atoms with Gasteiger partial charge < -0.3 is 14.6 Å². The van der Waals surface area contributed by atoms with Gasteiger partial charge in [0.15, 0.2) is 11.5 Å². The van der Waals surface area contributed by atoms with Gasteiger partial charge >= 0.3 is 5.97 Å². The van der Waals surface area contributed by atoms with Gasteiger partial charge in [-0.3, -0.25) is 4.79 Å². The molecule has 1 amide bonds. The molecule has 0 aliphatic carbocycles.